The number of anilines is 3. The SMILES string of the molecule is CNc1cc(Nc2ccc(C)o2)ncn1. The molecule has 2 aromatic heterocycles. The van der Waals surface area contributed by atoms with Gasteiger partial charge in [-0.05, 0) is 13.0 Å². The van der Waals surface area contributed by atoms with Crippen LogP contribution < -0.4 is 10.6 Å². The number of nitrogens with zero attached hydrogens (tertiary/aromatic N) is 2. The smallest absolute Gasteiger partial charge is 0.198 e. The van der Waals surface area contributed by atoms with Crippen LogP contribution in [0.1, 0.15) is 5.76 Å². The van der Waals surface area contributed by atoms with Crippen LogP contribution in [0.2, 0.25) is 0 Å². The van der Waals surface area contributed by atoms with Crippen molar-refractivity contribution in [2.24, 2.45) is 0 Å². The van der Waals surface area contributed by atoms with Crippen LogP contribution in [0.3, 0.4) is 0 Å². The summed E-state index contributed by atoms with van der Waals surface area (Å²) in [4.78, 5) is 8.08. The molecule has 2 rings (SSSR count). The molecule has 0 saturated heterocycles. The fourth-order valence-corrected chi connectivity index (χ4v) is 1.19. The topological polar surface area (TPSA) is 63.0 Å². The highest BCUT2D eigenvalue weighted by atomic mass is 16.4. The zero-order valence-corrected chi connectivity index (χ0v) is 8.61. The van der Waals surface area contributed by atoms with Gasteiger partial charge in [-0.15, -0.1) is 0 Å². The Bertz CT molecular complexity index is 452. The van der Waals surface area contributed by atoms with Crippen LogP contribution in [0, 0.1) is 6.92 Å². The molecule has 5 heteroatoms. The van der Waals surface area contributed by atoms with E-state index in [2.05, 4.69) is 20.6 Å². The molecule has 0 bridgehead atoms. The number of hydrogen-bond donors (Lipinski definition) is 2. The molecule has 2 heterocycles. The van der Waals surface area contributed by atoms with Gasteiger partial charge in [-0.25, -0.2) is 9.97 Å². The van der Waals surface area contributed by atoms with E-state index in [9.17, 15) is 0 Å². The molecule has 0 aliphatic heterocycles. The minimum Gasteiger partial charge on any atom is -0.446 e. The van der Waals surface area contributed by atoms with Crippen molar-refractivity contribution in [3.63, 3.8) is 0 Å². The van der Waals surface area contributed by atoms with Gasteiger partial charge >= 0.3 is 0 Å². The fraction of sp³-hybridized carbons (Fsp3) is 0.200. The van der Waals surface area contributed by atoms with Gasteiger partial charge in [0.1, 0.15) is 23.7 Å². The zero-order valence-electron chi connectivity index (χ0n) is 8.61. The lowest BCUT2D eigenvalue weighted by molar-refractivity contribution is 0.551. The predicted molar refractivity (Wildman–Crippen MR) is 58.3 cm³/mol. The van der Waals surface area contributed by atoms with Crippen molar-refractivity contribution in [3.05, 3.63) is 30.3 Å². The first-order chi connectivity index (χ1) is 7.28. The molecule has 78 valence electrons. The van der Waals surface area contributed by atoms with Crippen LogP contribution in [-0.2, 0) is 0 Å². The largest absolute Gasteiger partial charge is 0.446 e. The van der Waals surface area contributed by atoms with Gasteiger partial charge in [0.15, 0.2) is 5.88 Å². The summed E-state index contributed by atoms with van der Waals surface area (Å²) in [7, 11) is 1.81. The van der Waals surface area contributed by atoms with E-state index in [0.29, 0.717) is 11.7 Å². The highest BCUT2D eigenvalue weighted by Crippen LogP contribution is 2.18. The summed E-state index contributed by atoms with van der Waals surface area (Å²) < 4.78 is 5.37. The maximum atomic E-state index is 5.37. The lowest BCUT2D eigenvalue weighted by Gasteiger charge is -2.03. The van der Waals surface area contributed by atoms with Gasteiger partial charge < -0.3 is 15.1 Å². The third-order valence-corrected chi connectivity index (χ3v) is 1.91. The van der Waals surface area contributed by atoms with Crippen molar-refractivity contribution in [2.45, 2.75) is 6.92 Å². The molecule has 0 aliphatic rings. The lowest BCUT2D eigenvalue weighted by Crippen LogP contribution is -1.97. The Morgan fingerprint density at radius 3 is 2.67 bits per heavy atom. The number of aryl methyl sites for hydroxylation is 1. The van der Waals surface area contributed by atoms with E-state index < -0.39 is 0 Å². The van der Waals surface area contributed by atoms with Gasteiger partial charge in [-0.3, -0.25) is 0 Å². The maximum Gasteiger partial charge on any atom is 0.198 e. The minimum atomic E-state index is 0.674. The second-order valence-corrected chi connectivity index (χ2v) is 3.07. The van der Waals surface area contributed by atoms with Crippen molar-refractivity contribution in [3.8, 4) is 0 Å². The van der Waals surface area contributed by atoms with E-state index in [1.807, 2.05) is 26.1 Å². The van der Waals surface area contributed by atoms with Gasteiger partial charge in [0.2, 0.25) is 0 Å². The molecular formula is C10H12N4O. The quantitative estimate of drug-likeness (QED) is 0.802. The number of furan rings is 1. The Labute approximate surface area is 87.6 Å². The molecule has 0 aliphatic carbocycles. The summed E-state index contributed by atoms with van der Waals surface area (Å²) in [6, 6.07) is 5.55. The van der Waals surface area contributed by atoms with Gasteiger partial charge in [-0.1, -0.05) is 0 Å². The third kappa shape index (κ3) is 2.25. The molecule has 0 fully saturated rings. The second kappa shape index (κ2) is 4.00. The molecule has 5 nitrogen and oxygen atoms in total. The van der Waals surface area contributed by atoms with Crippen molar-refractivity contribution >= 4 is 17.5 Å². The monoisotopic (exact) mass is 204 g/mol. The average Bonchev–Trinajstić information content (AvgIpc) is 2.64. The van der Waals surface area contributed by atoms with Crippen molar-refractivity contribution < 1.29 is 4.42 Å². The minimum absolute atomic E-state index is 0.674. The summed E-state index contributed by atoms with van der Waals surface area (Å²) >= 11 is 0. The van der Waals surface area contributed by atoms with Crippen LogP contribution in [0.5, 0.6) is 0 Å². The lowest BCUT2D eigenvalue weighted by atomic mass is 10.5. The van der Waals surface area contributed by atoms with Crippen LogP contribution >= 0.6 is 0 Å². The van der Waals surface area contributed by atoms with Crippen LogP contribution in [0.15, 0.2) is 28.9 Å². The first-order valence-corrected chi connectivity index (χ1v) is 4.61. The first-order valence-electron chi connectivity index (χ1n) is 4.61. The van der Waals surface area contributed by atoms with Gasteiger partial charge in [0, 0.05) is 19.2 Å². The number of rotatable bonds is 3. The van der Waals surface area contributed by atoms with Crippen molar-refractivity contribution in [1.29, 1.82) is 0 Å². The molecular weight excluding hydrogens is 192 g/mol. The van der Waals surface area contributed by atoms with E-state index in [4.69, 9.17) is 4.42 Å². The Morgan fingerprint density at radius 2 is 2.00 bits per heavy atom. The Kier molecular flexibility index (Phi) is 2.53. The fourth-order valence-electron chi connectivity index (χ4n) is 1.19. The van der Waals surface area contributed by atoms with Crippen molar-refractivity contribution in [2.75, 3.05) is 17.7 Å². The number of nitrogens with one attached hydrogen (secondary N) is 2. The molecule has 15 heavy (non-hydrogen) atoms. The Hall–Kier alpha value is -2.04. The Balaban J connectivity index is 2.16. The van der Waals surface area contributed by atoms with E-state index in [-0.39, 0.29) is 0 Å². The predicted octanol–water partition coefficient (Wildman–Crippen LogP) is 2.16. The molecule has 0 amide bonds. The van der Waals surface area contributed by atoms with Crippen LogP contribution in [0.25, 0.3) is 0 Å². The summed E-state index contributed by atoms with van der Waals surface area (Å²) in [5, 5.41) is 5.98. The van der Waals surface area contributed by atoms with E-state index >= 15 is 0 Å². The summed E-state index contributed by atoms with van der Waals surface area (Å²) in [5.41, 5.74) is 0. The standard InChI is InChI=1S/C10H12N4O/c1-7-3-4-10(15-7)14-9-5-8(11-2)12-6-13-9/h3-6H,1-2H3,(H2,11,12,13,14). The first kappa shape index (κ1) is 9.51. The summed E-state index contributed by atoms with van der Waals surface area (Å²) in [5.74, 6) is 2.99. The maximum absolute atomic E-state index is 5.37. The molecule has 2 N–H and O–H groups in total. The Morgan fingerprint density at radius 1 is 1.20 bits per heavy atom. The number of hydrogen-bond acceptors (Lipinski definition) is 5. The van der Waals surface area contributed by atoms with E-state index in [0.717, 1.165) is 11.6 Å². The third-order valence-electron chi connectivity index (χ3n) is 1.91. The van der Waals surface area contributed by atoms with Gasteiger partial charge in [0.25, 0.3) is 0 Å². The molecule has 0 unspecified atom stereocenters. The number of aromatic nitrogens is 2. The molecule has 0 aromatic carbocycles. The molecule has 2 aromatic rings. The average molecular weight is 204 g/mol. The van der Waals surface area contributed by atoms with Gasteiger partial charge in [0.05, 0.1) is 0 Å². The normalized spacial score (nSPS) is 10.0. The molecule has 0 atom stereocenters. The van der Waals surface area contributed by atoms with E-state index in [1.54, 1.807) is 6.07 Å². The summed E-state index contributed by atoms with van der Waals surface area (Å²) in [6.07, 6.45) is 1.49. The van der Waals surface area contributed by atoms with Gasteiger partial charge in [-0.2, -0.15) is 0 Å². The molecule has 0 spiro atoms. The summed E-state index contributed by atoms with van der Waals surface area (Å²) in [6.45, 7) is 1.89. The second-order valence-electron chi connectivity index (χ2n) is 3.07. The van der Waals surface area contributed by atoms with Crippen molar-refractivity contribution in [1.82, 2.24) is 9.97 Å². The highest BCUT2D eigenvalue weighted by molar-refractivity contribution is 5.54. The zero-order chi connectivity index (χ0) is 10.7. The van der Waals surface area contributed by atoms with Crippen LogP contribution in [-0.4, -0.2) is 17.0 Å². The highest BCUT2D eigenvalue weighted by Gasteiger charge is 2.00. The van der Waals surface area contributed by atoms with E-state index in [1.165, 1.54) is 6.33 Å². The van der Waals surface area contributed by atoms with Crippen LogP contribution in [0.4, 0.5) is 17.5 Å². The molecule has 0 saturated carbocycles. The molecule has 0 radical (unpaired) electrons.